The number of hydrogen-bond acceptors (Lipinski definition) is 21. The van der Waals surface area contributed by atoms with Crippen LogP contribution in [0.15, 0.2) is 173 Å². The fourth-order valence-corrected chi connectivity index (χ4v) is 9.24. The molecule has 0 saturated heterocycles. The first-order chi connectivity index (χ1) is 45.3. The molecule has 0 aliphatic carbocycles. The minimum Gasteiger partial charge on any atom is -0.508 e. The van der Waals surface area contributed by atoms with Crippen LogP contribution in [0, 0.1) is 0 Å². The van der Waals surface area contributed by atoms with Gasteiger partial charge in [0.15, 0.2) is 0 Å². The Balaban J connectivity index is 0.000000181. The Morgan fingerprint density at radius 2 is 0.819 bits per heavy atom. The number of hydrogen-bond donors (Lipinski definition) is 3. The molecule has 6 aromatic carbocycles. The summed E-state index contributed by atoms with van der Waals surface area (Å²) in [6.45, 7) is 11.6. The molecule has 5 aromatic heterocycles. The molecular weight excluding hydrogens is 1240 g/mol. The first kappa shape index (κ1) is 72.5. The first-order valence-electron chi connectivity index (χ1n) is 29.6. The molecule has 22 nitrogen and oxygen atoms in total. The molecule has 0 aliphatic heterocycles. The second-order valence-corrected chi connectivity index (χ2v) is 20.3. The zero-order valence-corrected chi connectivity index (χ0v) is 54.2. The van der Waals surface area contributed by atoms with Crippen molar-refractivity contribution in [3.63, 3.8) is 0 Å². The zero-order chi connectivity index (χ0) is 68.1. The summed E-state index contributed by atoms with van der Waals surface area (Å²) in [5.74, 6) is 2.48. The predicted octanol–water partition coefficient (Wildman–Crippen LogP) is 14.1. The molecule has 0 saturated carbocycles. The van der Waals surface area contributed by atoms with Gasteiger partial charge in [-0.2, -0.15) is 0 Å². The molecule has 498 valence electrons. The molecule has 0 amide bonds. The Morgan fingerprint density at radius 3 is 1.21 bits per heavy atom. The minimum absolute atomic E-state index is 0.0284. The van der Waals surface area contributed by atoms with Gasteiger partial charge in [-0.25, -0.2) is 4.79 Å². The number of furan rings is 4. The van der Waals surface area contributed by atoms with E-state index in [1.807, 2.05) is 50.2 Å². The topological polar surface area (TPSA) is 295 Å². The molecule has 94 heavy (non-hydrogen) atoms. The maximum absolute atomic E-state index is 11.6. The maximum Gasteiger partial charge on any atom is 0.336 e. The molecule has 0 spiro atoms. The summed E-state index contributed by atoms with van der Waals surface area (Å²) in [5.41, 5.74) is 6.60. The van der Waals surface area contributed by atoms with Crippen molar-refractivity contribution in [1.29, 1.82) is 0 Å². The molecule has 11 aromatic rings. The number of alkyl halides is 1. The number of benzene rings is 6. The summed E-state index contributed by atoms with van der Waals surface area (Å²) in [4.78, 5) is 56.0. The van der Waals surface area contributed by atoms with E-state index in [-0.39, 0.29) is 67.1 Å². The number of aliphatic carboxylic acids is 1. The number of carboxylic acids is 1. The molecule has 0 bridgehead atoms. The van der Waals surface area contributed by atoms with Crippen LogP contribution in [-0.4, -0.2) is 107 Å². The third-order valence-corrected chi connectivity index (χ3v) is 13.7. The van der Waals surface area contributed by atoms with Gasteiger partial charge in [0.05, 0.1) is 105 Å². The van der Waals surface area contributed by atoms with Gasteiger partial charge in [-0.05, 0) is 113 Å². The van der Waals surface area contributed by atoms with Gasteiger partial charge in [0.2, 0.25) is 0 Å². The van der Waals surface area contributed by atoms with E-state index in [1.54, 1.807) is 135 Å². The van der Waals surface area contributed by atoms with Crippen LogP contribution in [0.5, 0.6) is 40.2 Å². The van der Waals surface area contributed by atoms with Crippen LogP contribution >= 0.6 is 11.6 Å². The van der Waals surface area contributed by atoms with Crippen molar-refractivity contribution < 1.29 is 99.2 Å². The highest BCUT2D eigenvalue weighted by Gasteiger charge is 2.16. The summed E-state index contributed by atoms with van der Waals surface area (Å²) >= 11 is 5.74. The SMILES string of the molecule is CCOC(=O)Cc1coc2cc(O)ccc12.CCOC(=O)Cc1coc2cc(OC)ccc12.CCOC(=O)Cc1coc2cc(OCC(C)OCC)ccc12.COc1ccc2c(CC(=O)O)coc2c1.COc1ccc2c(CCl)cc(=O)oc2c1.COc1cccc(O)c1. The van der Waals surface area contributed by atoms with Crippen LogP contribution in [0.25, 0.3) is 54.8 Å². The molecule has 5 heterocycles. The van der Waals surface area contributed by atoms with Crippen LogP contribution < -0.4 is 29.3 Å². The van der Waals surface area contributed by atoms with Gasteiger partial charge in [0.25, 0.3) is 0 Å². The van der Waals surface area contributed by atoms with Gasteiger partial charge in [0.1, 0.15) is 74.8 Å². The van der Waals surface area contributed by atoms with E-state index in [4.69, 9.17) is 86.5 Å². The number of carbonyl (C=O) groups excluding carboxylic acids is 3. The summed E-state index contributed by atoms with van der Waals surface area (Å²) in [5, 5.41) is 31.1. The molecule has 1 unspecified atom stereocenters. The van der Waals surface area contributed by atoms with E-state index >= 15 is 0 Å². The van der Waals surface area contributed by atoms with Gasteiger partial charge >= 0.3 is 29.5 Å². The Bertz CT molecular complexity index is 4280. The highest BCUT2D eigenvalue weighted by molar-refractivity contribution is 6.18. The lowest BCUT2D eigenvalue weighted by molar-refractivity contribution is -0.143. The summed E-state index contributed by atoms with van der Waals surface area (Å²) < 4.78 is 72.3. The Hall–Kier alpha value is -10.6. The molecule has 0 aliphatic rings. The van der Waals surface area contributed by atoms with Gasteiger partial charge in [-0.1, -0.05) is 6.07 Å². The quantitative estimate of drug-likeness (QED) is 0.0261. The highest BCUT2D eigenvalue weighted by Crippen LogP contribution is 2.30. The van der Waals surface area contributed by atoms with E-state index in [2.05, 4.69) is 0 Å². The van der Waals surface area contributed by atoms with Crippen molar-refractivity contribution in [2.45, 2.75) is 72.3 Å². The predicted molar refractivity (Wildman–Crippen MR) is 352 cm³/mol. The molecule has 1 atom stereocenters. The number of fused-ring (bicyclic) bond motifs is 5. The van der Waals surface area contributed by atoms with Crippen molar-refractivity contribution in [2.24, 2.45) is 0 Å². The molecule has 23 heteroatoms. The molecule has 0 radical (unpaired) electrons. The second kappa shape index (κ2) is 37.1. The zero-order valence-electron chi connectivity index (χ0n) is 53.5. The third kappa shape index (κ3) is 21.8. The van der Waals surface area contributed by atoms with Crippen LogP contribution in [0.1, 0.15) is 62.4 Å². The van der Waals surface area contributed by atoms with Crippen LogP contribution in [0.4, 0.5) is 0 Å². The van der Waals surface area contributed by atoms with Crippen molar-refractivity contribution >= 4 is 90.3 Å². The van der Waals surface area contributed by atoms with Crippen LogP contribution in [0.3, 0.4) is 0 Å². The maximum atomic E-state index is 11.6. The normalized spacial score (nSPS) is 10.8. The number of methoxy groups -OCH3 is 4. The number of phenols is 2. The molecule has 0 fully saturated rings. The number of carboxylic acid groups (broad SMARTS) is 1. The molecule has 3 N–H and O–H groups in total. The lowest BCUT2D eigenvalue weighted by Gasteiger charge is -2.12. The van der Waals surface area contributed by atoms with Crippen molar-refractivity contribution in [2.75, 3.05) is 61.5 Å². The van der Waals surface area contributed by atoms with E-state index in [9.17, 15) is 29.1 Å². The van der Waals surface area contributed by atoms with Crippen LogP contribution in [0.2, 0.25) is 0 Å². The average Bonchev–Trinajstić information content (AvgIpc) is 1.38. The Labute approximate surface area is 545 Å². The van der Waals surface area contributed by atoms with E-state index < -0.39 is 11.6 Å². The van der Waals surface area contributed by atoms with Crippen molar-refractivity contribution in [1.82, 2.24) is 0 Å². The van der Waals surface area contributed by atoms with E-state index in [1.165, 1.54) is 24.7 Å². The minimum atomic E-state index is -0.867. The number of aromatic hydroxyl groups is 2. The third-order valence-electron chi connectivity index (χ3n) is 13.4. The summed E-state index contributed by atoms with van der Waals surface area (Å²) in [7, 11) is 6.30. The second-order valence-electron chi connectivity index (χ2n) is 20.0. The number of ether oxygens (including phenoxy) is 9. The summed E-state index contributed by atoms with van der Waals surface area (Å²) in [6.07, 6.45) is 6.80. The first-order valence-corrected chi connectivity index (χ1v) is 30.1. The largest absolute Gasteiger partial charge is 0.508 e. The fraction of sp³-hybridized carbons (Fsp3) is 0.282. The number of phenolic OH excluding ortho intramolecular Hbond substituents is 2. The monoisotopic (exact) mass is 1310 g/mol. The number of rotatable bonds is 21. The number of esters is 3. The van der Waals surface area contributed by atoms with Gasteiger partial charge in [0, 0.05) is 104 Å². The van der Waals surface area contributed by atoms with Gasteiger partial charge in [-0.3, -0.25) is 19.2 Å². The Morgan fingerprint density at radius 1 is 0.447 bits per heavy atom. The number of carbonyl (C=O) groups is 4. The van der Waals surface area contributed by atoms with E-state index in [0.717, 1.165) is 60.7 Å². The average molecular weight is 1320 g/mol. The van der Waals surface area contributed by atoms with Gasteiger partial charge < -0.3 is 80.0 Å². The Kier molecular flexibility index (Phi) is 28.6. The van der Waals surface area contributed by atoms with Crippen LogP contribution in [-0.2, 0) is 69.7 Å². The van der Waals surface area contributed by atoms with Gasteiger partial charge in [-0.15, -0.1) is 11.6 Å². The van der Waals surface area contributed by atoms with Crippen molar-refractivity contribution in [3.05, 3.63) is 185 Å². The van der Waals surface area contributed by atoms with E-state index in [0.29, 0.717) is 83.8 Å². The molecular formula is C71H75ClO22. The van der Waals surface area contributed by atoms with Crippen molar-refractivity contribution in [3.8, 4) is 40.2 Å². The lowest BCUT2D eigenvalue weighted by Crippen LogP contribution is -2.17. The summed E-state index contributed by atoms with van der Waals surface area (Å²) in [6, 6.07) is 34.6. The highest BCUT2D eigenvalue weighted by atomic mass is 35.5. The molecule has 11 rings (SSSR count). The fourth-order valence-electron chi connectivity index (χ4n) is 9.02. The standard InChI is InChI=1S/C17H22O5.C13H14O4.C12H12O4.C11H9ClO3.C11H10O4.C7H8O2/c1-4-19-12(3)10-21-14-6-7-15-13(8-17(18)20-5-2)11-22-16(15)9-14;1-3-16-13(14)6-9-8-17-12-7-10(15-2)4-5-11(9)12;1-2-15-12(14)5-8-7-16-11-6-9(13)3-4-10(8)11;1-14-8-2-3-9-7(6-12)4-11(13)15-10(9)5-8;1-14-8-2-3-9-7(4-11(12)13)6-15-10(9)5-8;1-9-7-4-2-3-6(8)5-7/h6-7,9,11-12H,4-5,8,10H2,1-3H3;4-5,7-8H,3,6H2,1-2H3;3-4,6-7,13H,2,5H2,1H3;2-5H,6H2,1H3;2-3,5-6H,4H2,1H3,(H,12,13);2-5,8H,1H3. The smallest absolute Gasteiger partial charge is 0.336 e. The number of halogens is 1. The lowest BCUT2D eigenvalue weighted by atomic mass is 10.1.